The van der Waals surface area contributed by atoms with E-state index < -0.39 is 10.0 Å². The van der Waals surface area contributed by atoms with E-state index in [0.717, 1.165) is 30.4 Å². The highest BCUT2D eigenvalue weighted by molar-refractivity contribution is 7.89. The summed E-state index contributed by atoms with van der Waals surface area (Å²) in [4.78, 5) is 0.488. The Kier molecular flexibility index (Phi) is 4.83. The molecule has 1 aliphatic rings. The fourth-order valence-electron chi connectivity index (χ4n) is 2.84. The molecule has 1 N–H and O–H groups in total. The van der Waals surface area contributed by atoms with E-state index in [9.17, 15) is 8.42 Å². The van der Waals surface area contributed by atoms with Gasteiger partial charge < -0.3 is 5.32 Å². The molecule has 1 saturated heterocycles. The predicted molar refractivity (Wildman–Crippen MR) is 81.2 cm³/mol. The van der Waals surface area contributed by atoms with Gasteiger partial charge in [-0.3, -0.25) is 0 Å². The number of sulfonamides is 1. The minimum atomic E-state index is -3.37. The predicted octanol–water partition coefficient (Wildman–Crippen LogP) is 2.14. The molecule has 1 aromatic rings. The Balaban J connectivity index is 2.46. The number of benzene rings is 1. The third-order valence-electron chi connectivity index (χ3n) is 3.97. The lowest BCUT2D eigenvalue weighted by atomic mass is 10.1. The molecule has 0 aliphatic carbocycles. The van der Waals surface area contributed by atoms with Crippen LogP contribution in [-0.4, -0.2) is 32.4 Å². The first-order chi connectivity index (χ1) is 9.50. The molecular weight excluding hydrogens is 272 g/mol. The summed E-state index contributed by atoms with van der Waals surface area (Å²) < 4.78 is 27.4. The number of nitrogens with zero attached hydrogens (tertiary/aromatic N) is 1. The van der Waals surface area contributed by atoms with Gasteiger partial charge in [-0.25, -0.2) is 8.42 Å². The van der Waals surface area contributed by atoms with Crippen molar-refractivity contribution in [3.63, 3.8) is 0 Å². The van der Waals surface area contributed by atoms with Crippen LogP contribution in [0.25, 0.3) is 0 Å². The SMILES string of the molecule is CCc1ccc(CNC)cc1S(=O)(=O)N1CCCC1C. The minimum Gasteiger partial charge on any atom is -0.316 e. The van der Waals surface area contributed by atoms with Gasteiger partial charge in [0.15, 0.2) is 0 Å². The van der Waals surface area contributed by atoms with Crippen LogP contribution in [-0.2, 0) is 23.0 Å². The lowest BCUT2D eigenvalue weighted by Gasteiger charge is -2.23. The summed E-state index contributed by atoms with van der Waals surface area (Å²) in [7, 11) is -1.50. The molecule has 0 bridgehead atoms. The van der Waals surface area contributed by atoms with Crippen molar-refractivity contribution in [2.75, 3.05) is 13.6 Å². The van der Waals surface area contributed by atoms with Gasteiger partial charge in [-0.15, -0.1) is 0 Å². The van der Waals surface area contributed by atoms with Gasteiger partial charge in [0.25, 0.3) is 0 Å². The zero-order valence-corrected chi connectivity index (χ0v) is 13.3. The van der Waals surface area contributed by atoms with Crippen molar-refractivity contribution < 1.29 is 8.42 Å². The molecule has 1 heterocycles. The quantitative estimate of drug-likeness (QED) is 0.905. The van der Waals surface area contributed by atoms with Crippen LogP contribution in [0, 0.1) is 0 Å². The first kappa shape index (κ1) is 15.5. The normalized spacial score (nSPS) is 20.4. The average Bonchev–Trinajstić information content (AvgIpc) is 2.86. The second kappa shape index (κ2) is 6.24. The lowest BCUT2D eigenvalue weighted by Crippen LogP contribution is -2.34. The van der Waals surface area contributed by atoms with Crippen molar-refractivity contribution in [1.82, 2.24) is 9.62 Å². The van der Waals surface area contributed by atoms with E-state index in [0.29, 0.717) is 18.0 Å². The van der Waals surface area contributed by atoms with E-state index in [1.165, 1.54) is 0 Å². The summed E-state index contributed by atoms with van der Waals surface area (Å²) in [6.07, 6.45) is 2.64. The number of aryl methyl sites for hydroxylation is 1. The van der Waals surface area contributed by atoms with Crippen LogP contribution in [0.1, 0.15) is 37.8 Å². The highest BCUT2D eigenvalue weighted by Crippen LogP contribution is 2.28. The molecule has 0 saturated carbocycles. The van der Waals surface area contributed by atoms with Gasteiger partial charge in [0.2, 0.25) is 10.0 Å². The van der Waals surface area contributed by atoms with Crippen molar-refractivity contribution in [2.45, 2.75) is 50.6 Å². The van der Waals surface area contributed by atoms with Crippen molar-refractivity contribution in [3.05, 3.63) is 29.3 Å². The summed E-state index contributed by atoms with van der Waals surface area (Å²) in [5.41, 5.74) is 1.92. The maximum atomic E-state index is 12.9. The highest BCUT2D eigenvalue weighted by atomic mass is 32.2. The summed E-state index contributed by atoms with van der Waals surface area (Å²) in [6.45, 7) is 5.32. The zero-order chi connectivity index (χ0) is 14.8. The first-order valence-electron chi connectivity index (χ1n) is 7.29. The molecule has 1 aromatic carbocycles. The third-order valence-corrected chi connectivity index (χ3v) is 6.07. The number of nitrogens with one attached hydrogen (secondary N) is 1. The Bertz CT molecular complexity index is 569. The van der Waals surface area contributed by atoms with Crippen LogP contribution in [0.4, 0.5) is 0 Å². The van der Waals surface area contributed by atoms with Gasteiger partial charge in [-0.1, -0.05) is 19.1 Å². The number of rotatable bonds is 5. The average molecular weight is 296 g/mol. The molecular formula is C15H24N2O2S. The molecule has 0 amide bonds. The Labute approximate surface area is 122 Å². The van der Waals surface area contributed by atoms with Gasteiger partial charge >= 0.3 is 0 Å². The van der Waals surface area contributed by atoms with Crippen LogP contribution in [0.3, 0.4) is 0 Å². The standard InChI is InChI=1S/C15H24N2O2S/c1-4-14-8-7-13(11-16-3)10-15(14)20(18,19)17-9-5-6-12(17)2/h7-8,10,12,16H,4-6,9,11H2,1-3H3. The maximum Gasteiger partial charge on any atom is 0.243 e. The highest BCUT2D eigenvalue weighted by Gasteiger charge is 2.33. The van der Waals surface area contributed by atoms with E-state index in [2.05, 4.69) is 5.32 Å². The minimum absolute atomic E-state index is 0.109. The summed E-state index contributed by atoms with van der Waals surface area (Å²) in [5.74, 6) is 0. The second-order valence-electron chi connectivity index (χ2n) is 5.43. The molecule has 1 atom stereocenters. The third kappa shape index (κ3) is 2.90. The molecule has 0 spiro atoms. The number of hydrogen-bond acceptors (Lipinski definition) is 3. The second-order valence-corrected chi connectivity index (χ2v) is 7.29. The molecule has 1 unspecified atom stereocenters. The van der Waals surface area contributed by atoms with Crippen LogP contribution < -0.4 is 5.32 Å². The van der Waals surface area contributed by atoms with Crippen LogP contribution in [0.5, 0.6) is 0 Å². The lowest BCUT2D eigenvalue weighted by molar-refractivity contribution is 0.408. The Morgan fingerprint density at radius 1 is 1.40 bits per heavy atom. The van der Waals surface area contributed by atoms with E-state index in [-0.39, 0.29) is 6.04 Å². The molecule has 112 valence electrons. The largest absolute Gasteiger partial charge is 0.316 e. The van der Waals surface area contributed by atoms with Crippen LogP contribution in [0.15, 0.2) is 23.1 Å². The van der Waals surface area contributed by atoms with E-state index in [4.69, 9.17) is 0 Å². The summed E-state index contributed by atoms with van der Waals surface area (Å²) >= 11 is 0. The number of hydrogen-bond donors (Lipinski definition) is 1. The Morgan fingerprint density at radius 2 is 2.15 bits per heavy atom. The molecule has 2 rings (SSSR count). The van der Waals surface area contributed by atoms with Crippen molar-refractivity contribution >= 4 is 10.0 Å². The smallest absolute Gasteiger partial charge is 0.243 e. The zero-order valence-electron chi connectivity index (χ0n) is 12.5. The van der Waals surface area contributed by atoms with Crippen molar-refractivity contribution in [1.29, 1.82) is 0 Å². The first-order valence-corrected chi connectivity index (χ1v) is 8.73. The maximum absolute atomic E-state index is 12.9. The van der Waals surface area contributed by atoms with E-state index >= 15 is 0 Å². The topological polar surface area (TPSA) is 49.4 Å². The van der Waals surface area contributed by atoms with Gasteiger partial charge in [0, 0.05) is 19.1 Å². The van der Waals surface area contributed by atoms with Gasteiger partial charge in [0.1, 0.15) is 0 Å². The summed E-state index contributed by atoms with van der Waals surface area (Å²) in [6, 6.07) is 5.88. The Morgan fingerprint density at radius 3 is 2.70 bits per heavy atom. The van der Waals surface area contributed by atoms with Gasteiger partial charge in [0.05, 0.1) is 4.90 Å². The van der Waals surface area contributed by atoms with Crippen molar-refractivity contribution in [2.24, 2.45) is 0 Å². The van der Waals surface area contributed by atoms with E-state index in [1.54, 1.807) is 4.31 Å². The van der Waals surface area contributed by atoms with Gasteiger partial charge in [-0.05, 0) is 50.4 Å². The molecule has 0 aromatic heterocycles. The van der Waals surface area contributed by atoms with Crippen molar-refractivity contribution in [3.8, 4) is 0 Å². The molecule has 1 aliphatic heterocycles. The van der Waals surface area contributed by atoms with E-state index in [1.807, 2.05) is 39.1 Å². The fourth-order valence-corrected chi connectivity index (χ4v) is 4.88. The van der Waals surface area contributed by atoms with Crippen LogP contribution >= 0.6 is 0 Å². The Hall–Kier alpha value is -0.910. The fraction of sp³-hybridized carbons (Fsp3) is 0.600. The molecule has 0 radical (unpaired) electrons. The monoisotopic (exact) mass is 296 g/mol. The van der Waals surface area contributed by atoms with Crippen LogP contribution in [0.2, 0.25) is 0 Å². The molecule has 4 nitrogen and oxygen atoms in total. The molecule has 20 heavy (non-hydrogen) atoms. The van der Waals surface area contributed by atoms with Gasteiger partial charge in [-0.2, -0.15) is 4.31 Å². The summed E-state index contributed by atoms with van der Waals surface area (Å²) in [5, 5.41) is 3.07. The molecule has 5 heteroatoms. The molecule has 1 fully saturated rings.